The van der Waals surface area contributed by atoms with Gasteiger partial charge in [0, 0.05) is 0 Å². The second-order valence-electron chi connectivity index (χ2n) is 3.51. The van der Waals surface area contributed by atoms with E-state index in [2.05, 4.69) is 4.74 Å². The number of allylic oxidation sites excluding steroid dienone is 2. The third-order valence-electron chi connectivity index (χ3n) is 2.07. The van der Waals surface area contributed by atoms with Crippen LogP contribution >= 0.6 is 0 Å². The summed E-state index contributed by atoms with van der Waals surface area (Å²) in [5.74, 6) is -0.305. The second-order valence-corrected chi connectivity index (χ2v) is 3.51. The first kappa shape index (κ1) is 13.0. The Kier molecular flexibility index (Phi) is 4.46. The Labute approximate surface area is 99.6 Å². The van der Waals surface area contributed by atoms with Crippen molar-refractivity contribution >= 4 is 17.8 Å². The third-order valence-corrected chi connectivity index (χ3v) is 2.07. The number of ether oxygens (including phenoxy) is 1. The quantitative estimate of drug-likeness (QED) is 0.264. The van der Waals surface area contributed by atoms with Crippen molar-refractivity contribution in [3.05, 3.63) is 41.4 Å². The van der Waals surface area contributed by atoms with Crippen LogP contribution in [0.25, 0.3) is 6.08 Å². The van der Waals surface area contributed by atoms with Gasteiger partial charge < -0.3 is 9.15 Å². The molecule has 1 heterocycles. The molecule has 0 aliphatic carbocycles. The van der Waals surface area contributed by atoms with Gasteiger partial charge in [-0.15, -0.1) is 0 Å². The number of furan rings is 1. The Hall–Kier alpha value is -2.10. The molecule has 0 saturated carbocycles. The molecule has 0 radical (unpaired) electrons. The first-order valence-corrected chi connectivity index (χ1v) is 5.07. The maximum Gasteiger partial charge on any atom is 0.341 e. The third kappa shape index (κ3) is 3.75. The van der Waals surface area contributed by atoms with Gasteiger partial charge in [0.2, 0.25) is 0 Å². The molecule has 0 aliphatic heterocycles. The van der Waals surface area contributed by atoms with Crippen molar-refractivity contribution in [1.82, 2.24) is 0 Å². The lowest BCUT2D eigenvalue weighted by molar-refractivity contribution is -0.137. The Morgan fingerprint density at radius 1 is 1.35 bits per heavy atom. The molecular formula is C13H14O4. The normalized spacial score (nSPS) is 12.4. The molecule has 90 valence electrons. The average molecular weight is 234 g/mol. The highest BCUT2D eigenvalue weighted by Crippen LogP contribution is 2.11. The molecule has 0 atom stereocenters. The van der Waals surface area contributed by atoms with Crippen molar-refractivity contribution in [2.24, 2.45) is 0 Å². The summed E-state index contributed by atoms with van der Waals surface area (Å²) in [5.41, 5.74) is 0.753. The highest BCUT2D eigenvalue weighted by Gasteiger charge is 2.14. The number of carbonyl (C=O) groups excluding carboxylic acids is 2. The summed E-state index contributed by atoms with van der Waals surface area (Å²) in [6.07, 6.45) is 4.76. The van der Waals surface area contributed by atoms with Crippen molar-refractivity contribution in [3.8, 4) is 0 Å². The Balaban J connectivity index is 2.98. The van der Waals surface area contributed by atoms with Gasteiger partial charge in [0.25, 0.3) is 0 Å². The van der Waals surface area contributed by atoms with Gasteiger partial charge >= 0.3 is 5.97 Å². The molecule has 1 rings (SSSR count). The fourth-order valence-electron chi connectivity index (χ4n) is 1.28. The summed E-state index contributed by atoms with van der Waals surface area (Å²) >= 11 is 0. The molecule has 4 nitrogen and oxygen atoms in total. The first-order valence-electron chi connectivity index (χ1n) is 5.07. The number of rotatable bonds is 4. The van der Waals surface area contributed by atoms with E-state index in [0.29, 0.717) is 5.76 Å². The minimum absolute atomic E-state index is 0.0211. The van der Waals surface area contributed by atoms with E-state index >= 15 is 0 Å². The highest BCUT2D eigenvalue weighted by molar-refractivity contribution is 6.16. The second kappa shape index (κ2) is 5.84. The van der Waals surface area contributed by atoms with Crippen LogP contribution in [0.2, 0.25) is 0 Å². The van der Waals surface area contributed by atoms with E-state index in [9.17, 15) is 9.59 Å². The van der Waals surface area contributed by atoms with Gasteiger partial charge in [-0.3, -0.25) is 4.79 Å². The molecule has 1 aromatic rings. The zero-order chi connectivity index (χ0) is 12.8. The fraction of sp³-hybridized carbons (Fsp3) is 0.231. The maximum absolute atomic E-state index is 11.3. The monoisotopic (exact) mass is 234 g/mol. The summed E-state index contributed by atoms with van der Waals surface area (Å²) in [7, 11) is 1.24. The Morgan fingerprint density at radius 3 is 2.53 bits per heavy atom. The van der Waals surface area contributed by atoms with Crippen LogP contribution in [0.4, 0.5) is 0 Å². The summed E-state index contributed by atoms with van der Waals surface area (Å²) in [4.78, 5) is 22.6. The van der Waals surface area contributed by atoms with Crippen LogP contribution in [0.1, 0.15) is 19.6 Å². The van der Waals surface area contributed by atoms with E-state index < -0.39 is 5.97 Å². The molecule has 1 aromatic heterocycles. The number of methoxy groups -OCH3 is 1. The van der Waals surface area contributed by atoms with E-state index in [0.717, 1.165) is 5.57 Å². The number of hydrogen-bond donors (Lipinski definition) is 0. The van der Waals surface area contributed by atoms with Gasteiger partial charge in [0.15, 0.2) is 5.78 Å². The molecule has 0 N–H and O–H groups in total. The van der Waals surface area contributed by atoms with Gasteiger partial charge in [0.1, 0.15) is 11.3 Å². The van der Waals surface area contributed by atoms with Crippen molar-refractivity contribution in [2.45, 2.75) is 13.8 Å². The smallest absolute Gasteiger partial charge is 0.341 e. The summed E-state index contributed by atoms with van der Waals surface area (Å²) in [6, 6.07) is 3.54. The van der Waals surface area contributed by atoms with E-state index in [1.165, 1.54) is 20.1 Å². The van der Waals surface area contributed by atoms with Crippen LogP contribution in [0.3, 0.4) is 0 Å². The molecule has 0 fully saturated rings. The van der Waals surface area contributed by atoms with E-state index in [1.807, 2.05) is 0 Å². The van der Waals surface area contributed by atoms with Crippen LogP contribution in [0, 0.1) is 0 Å². The number of esters is 1. The molecule has 4 heteroatoms. The van der Waals surface area contributed by atoms with E-state index in [-0.39, 0.29) is 11.4 Å². The molecule has 0 aliphatic rings. The number of hydrogen-bond acceptors (Lipinski definition) is 4. The lowest BCUT2D eigenvalue weighted by Crippen LogP contribution is -2.11. The van der Waals surface area contributed by atoms with Crippen molar-refractivity contribution in [2.75, 3.05) is 7.11 Å². The Morgan fingerprint density at radius 2 is 2.06 bits per heavy atom. The number of ketones is 1. The average Bonchev–Trinajstić information content (AvgIpc) is 2.77. The van der Waals surface area contributed by atoms with Crippen LogP contribution in [-0.4, -0.2) is 18.9 Å². The van der Waals surface area contributed by atoms with Crippen molar-refractivity contribution in [1.29, 1.82) is 0 Å². The molecule has 0 spiro atoms. The molecule has 0 amide bonds. The maximum atomic E-state index is 11.3. The topological polar surface area (TPSA) is 56.5 Å². The molecule has 17 heavy (non-hydrogen) atoms. The lowest BCUT2D eigenvalue weighted by Gasteiger charge is -2.01. The summed E-state index contributed by atoms with van der Waals surface area (Å²) in [5, 5.41) is 0. The first-order chi connectivity index (χ1) is 8.04. The van der Waals surface area contributed by atoms with E-state index in [4.69, 9.17) is 4.42 Å². The summed E-state index contributed by atoms with van der Waals surface area (Å²) < 4.78 is 9.66. The van der Waals surface area contributed by atoms with Crippen LogP contribution in [0.5, 0.6) is 0 Å². The molecule has 0 saturated heterocycles. The van der Waals surface area contributed by atoms with Gasteiger partial charge in [-0.25, -0.2) is 4.79 Å². The molecular weight excluding hydrogens is 220 g/mol. The summed E-state index contributed by atoms with van der Waals surface area (Å²) in [6.45, 7) is 3.09. The Bertz CT molecular complexity index is 464. The largest absolute Gasteiger partial charge is 0.465 e. The van der Waals surface area contributed by atoms with Gasteiger partial charge in [-0.1, -0.05) is 0 Å². The van der Waals surface area contributed by atoms with Crippen molar-refractivity contribution < 1.29 is 18.7 Å². The zero-order valence-corrected chi connectivity index (χ0v) is 10.0. The van der Waals surface area contributed by atoms with Gasteiger partial charge in [-0.05, 0) is 43.7 Å². The molecule has 0 aromatic carbocycles. The molecule has 0 bridgehead atoms. The van der Waals surface area contributed by atoms with Crippen LogP contribution < -0.4 is 0 Å². The minimum atomic E-state index is -0.635. The van der Waals surface area contributed by atoms with Gasteiger partial charge in [0.05, 0.1) is 13.4 Å². The van der Waals surface area contributed by atoms with Crippen LogP contribution in [-0.2, 0) is 14.3 Å². The SMILES string of the molecule is COC(=O)/C(=C/C(C)=C/c1ccco1)C(C)=O. The predicted molar refractivity (Wildman–Crippen MR) is 63.1 cm³/mol. The van der Waals surface area contributed by atoms with E-state index in [1.54, 1.807) is 31.4 Å². The lowest BCUT2D eigenvalue weighted by atomic mass is 10.1. The molecule has 0 unspecified atom stereocenters. The zero-order valence-electron chi connectivity index (χ0n) is 10.0. The van der Waals surface area contributed by atoms with Crippen molar-refractivity contribution in [3.63, 3.8) is 0 Å². The highest BCUT2D eigenvalue weighted by atomic mass is 16.5. The van der Waals surface area contributed by atoms with Gasteiger partial charge in [-0.2, -0.15) is 0 Å². The standard InChI is InChI=1S/C13H14O4/c1-9(7-11-5-4-6-17-11)8-12(10(2)14)13(15)16-3/h4-8H,1-3H3/b9-7+,12-8+. The number of carbonyl (C=O) groups is 2. The van der Waals surface area contributed by atoms with Crippen LogP contribution in [0.15, 0.2) is 40.0 Å². The fourth-order valence-corrected chi connectivity index (χ4v) is 1.28. The minimum Gasteiger partial charge on any atom is -0.465 e. The predicted octanol–water partition coefficient (Wildman–Crippen LogP) is 2.37. The number of Topliss-reactive ketones (excluding diaryl/α,β-unsaturated/α-hetero) is 1.